The first-order valence-corrected chi connectivity index (χ1v) is 11.9. The van der Waals surface area contributed by atoms with E-state index in [-0.39, 0.29) is 6.10 Å². The molecule has 0 saturated carbocycles. The highest BCUT2D eigenvalue weighted by Crippen LogP contribution is 2.38. The Bertz CT molecular complexity index is 1210. The van der Waals surface area contributed by atoms with Crippen molar-refractivity contribution in [2.45, 2.75) is 43.8 Å². The molecule has 7 nitrogen and oxygen atoms in total. The van der Waals surface area contributed by atoms with Crippen LogP contribution in [-0.2, 0) is 15.3 Å². The van der Waals surface area contributed by atoms with Gasteiger partial charge in [-0.3, -0.25) is 0 Å². The Morgan fingerprint density at radius 1 is 1.24 bits per heavy atom. The largest absolute Gasteiger partial charge is 0.497 e. The van der Waals surface area contributed by atoms with Crippen molar-refractivity contribution in [3.63, 3.8) is 0 Å². The zero-order valence-electron chi connectivity index (χ0n) is 18.8. The maximum atomic E-state index is 13.1. The van der Waals surface area contributed by atoms with E-state index < -0.39 is 12.0 Å². The molecule has 0 amide bonds. The predicted octanol–water partition coefficient (Wildman–Crippen LogP) is 5.47. The first-order chi connectivity index (χ1) is 15.9. The van der Waals surface area contributed by atoms with E-state index in [4.69, 9.17) is 26.2 Å². The van der Waals surface area contributed by atoms with Crippen molar-refractivity contribution in [2.75, 3.05) is 12.4 Å². The minimum Gasteiger partial charge on any atom is -0.497 e. The molecule has 0 bridgehead atoms. The zero-order valence-corrected chi connectivity index (χ0v) is 20.4. The van der Waals surface area contributed by atoms with Crippen molar-refractivity contribution >= 4 is 35.3 Å². The van der Waals surface area contributed by atoms with Crippen LogP contribution in [0.25, 0.3) is 0 Å². The normalized spacial score (nSPS) is 15.3. The maximum absolute atomic E-state index is 13.1. The molecule has 3 aromatic rings. The minimum atomic E-state index is -0.509. The monoisotopic (exact) mass is 484 g/mol. The quantitative estimate of drug-likeness (QED) is 0.351. The number of aromatic nitrogens is 3. The summed E-state index contributed by atoms with van der Waals surface area (Å²) in [4.78, 5) is 17.8. The van der Waals surface area contributed by atoms with E-state index >= 15 is 0 Å². The molecule has 1 aromatic heterocycles. The molecule has 1 aliphatic rings. The van der Waals surface area contributed by atoms with E-state index in [1.54, 1.807) is 11.8 Å². The van der Waals surface area contributed by atoms with Gasteiger partial charge in [-0.05, 0) is 50.1 Å². The fourth-order valence-electron chi connectivity index (χ4n) is 3.61. The van der Waals surface area contributed by atoms with Crippen LogP contribution in [-0.4, -0.2) is 33.9 Å². The van der Waals surface area contributed by atoms with Crippen LogP contribution in [0.4, 0.5) is 5.95 Å². The number of carbonyl (C=O) groups is 1. The van der Waals surface area contributed by atoms with Gasteiger partial charge in [0.25, 0.3) is 0 Å². The Hall–Kier alpha value is -2.97. The van der Waals surface area contributed by atoms with Crippen LogP contribution in [0.5, 0.6) is 5.75 Å². The second kappa shape index (κ2) is 9.89. The number of ether oxygens (including phenoxy) is 2. The average molecular weight is 485 g/mol. The van der Waals surface area contributed by atoms with Crippen molar-refractivity contribution in [1.82, 2.24) is 14.8 Å². The Kier molecular flexibility index (Phi) is 6.95. The number of hydrogen-bond acceptors (Lipinski definition) is 7. The number of fused-ring (bicyclic) bond motifs is 1. The smallest absolute Gasteiger partial charge is 0.338 e. The maximum Gasteiger partial charge on any atom is 0.338 e. The molecule has 0 fully saturated rings. The molecule has 172 valence electrons. The molecule has 0 saturated heterocycles. The van der Waals surface area contributed by atoms with Gasteiger partial charge in [-0.15, -0.1) is 5.10 Å². The number of thioether (sulfide) groups is 1. The van der Waals surface area contributed by atoms with E-state index in [1.807, 2.05) is 69.3 Å². The predicted molar refractivity (Wildman–Crippen MR) is 130 cm³/mol. The Morgan fingerprint density at radius 2 is 2.03 bits per heavy atom. The molecule has 1 atom stereocenters. The fourth-order valence-corrected chi connectivity index (χ4v) is 4.73. The number of benzene rings is 2. The number of nitrogens with one attached hydrogen (secondary N) is 1. The van der Waals surface area contributed by atoms with Gasteiger partial charge < -0.3 is 14.8 Å². The van der Waals surface area contributed by atoms with Gasteiger partial charge in [0, 0.05) is 16.5 Å². The highest BCUT2D eigenvalue weighted by molar-refractivity contribution is 7.98. The van der Waals surface area contributed by atoms with Gasteiger partial charge in [0.15, 0.2) is 0 Å². The SMILES string of the molecule is COc1cccc(C2C(C(=O)OC(C)C)=C(C)Nc3nc(SCc4ccccc4Cl)nn32)c1. The summed E-state index contributed by atoms with van der Waals surface area (Å²) < 4.78 is 12.7. The van der Waals surface area contributed by atoms with Crippen molar-refractivity contribution in [3.8, 4) is 5.75 Å². The van der Waals surface area contributed by atoms with Crippen molar-refractivity contribution in [2.24, 2.45) is 0 Å². The third kappa shape index (κ3) is 5.02. The third-order valence-corrected chi connectivity index (χ3v) is 6.38. The minimum absolute atomic E-state index is 0.248. The summed E-state index contributed by atoms with van der Waals surface area (Å²) in [6.45, 7) is 5.50. The second-order valence-corrected chi connectivity index (χ2v) is 9.19. The lowest BCUT2D eigenvalue weighted by Gasteiger charge is -2.28. The third-order valence-electron chi connectivity index (χ3n) is 5.12. The van der Waals surface area contributed by atoms with Crippen LogP contribution >= 0.6 is 23.4 Å². The molecule has 9 heteroatoms. The van der Waals surface area contributed by atoms with E-state index in [0.29, 0.717) is 38.9 Å². The molecule has 0 aliphatic carbocycles. The fraction of sp³-hybridized carbons (Fsp3) is 0.292. The van der Waals surface area contributed by atoms with Crippen LogP contribution in [0.3, 0.4) is 0 Å². The number of anilines is 1. The summed E-state index contributed by atoms with van der Waals surface area (Å²) in [6.07, 6.45) is -0.248. The highest BCUT2D eigenvalue weighted by atomic mass is 35.5. The number of nitrogens with zero attached hydrogens (tertiary/aromatic N) is 3. The Balaban J connectivity index is 1.72. The summed E-state index contributed by atoms with van der Waals surface area (Å²) in [5.41, 5.74) is 3.01. The lowest BCUT2D eigenvalue weighted by atomic mass is 9.95. The number of halogens is 1. The molecule has 1 aliphatic heterocycles. The van der Waals surface area contributed by atoms with Crippen LogP contribution in [0.15, 0.2) is 65.0 Å². The molecule has 4 rings (SSSR count). The van der Waals surface area contributed by atoms with Crippen molar-refractivity contribution < 1.29 is 14.3 Å². The zero-order chi connectivity index (χ0) is 23.5. The Labute approximate surface area is 202 Å². The summed E-state index contributed by atoms with van der Waals surface area (Å²) in [7, 11) is 1.61. The molecule has 33 heavy (non-hydrogen) atoms. The number of rotatable bonds is 7. The van der Waals surface area contributed by atoms with Gasteiger partial charge >= 0.3 is 5.97 Å². The molecule has 1 unspecified atom stereocenters. The number of carbonyl (C=O) groups excluding carboxylic acids is 1. The van der Waals surface area contributed by atoms with E-state index in [2.05, 4.69) is 10.3 Å². The molecular weight excluding hydrogens is 460 g/mol. The van der Waals surface area contributed by atoms with Gasteiger partial charge in [-0.2, -0.15) is 4.98 Å². The number of allylic oxidation sites excluding steroid dienone is 1. The lowest BCUT2D eigenvalue weighted by molar-refractivity contribution is -0.143. The standard InChI is InChI=1S/C24H25ClN4O3S/c1-14(2)32-22(30)20-15(3)26-23-27-24(33-13-17-8-5-6-11-19(17)25)28-29(23)21(20)16-9-7-10-18(12-16)31-4/h5-12,14,21H,13H2,1-4H3,(H,26,27,28). The number of hydrogen-bond donors (Lipinski definition) is 1. The first kappa shape index (κ1) is 23.2. The molecule has 0 radical (unpaired) electrons. The molecule has 2 aromatic carbocycles. The lowest BCUT2D eigenvalue weighted by Crippen LogP contribution is -2.30. The van der Waals surface area contributed by atoms with Gasteiger partial charge in [0.1, 0.15) is 11.8 Å². The molecule has 2 heterocycles. The van der Waals surface area contributed by atoms with Crippen molar-refractivity contribution in [1.29, 1.82) is 0 Å². The molecule has 1 N–H and O–H groups in total. The first-order valence-electron chi connectivity index (χ1n) is 10.5. The number of methoxy groups -OCH3 is 1. The number of esters is 1. The average Bonchev–Trinajstić information content (AvgIpc) is 3.19. The summed E-state index contributed by atoms with van der Waals surface area (Å²) in [5.74, 6) is 1.48. The van der Waals surface area contributed by atoms with Crippen LogP contribution < -0.4 is 10.1 Å². The highest BCUT2D eigenvalue weighted by Gasteiger charge is 2.35. The molecular formula is C24H25ClN4O3S. The summed E-state index contributed by atoms with van der Waals surface area (Å²) >= 11 is 7.78. The van der Waals surface area contributed by atoms with Gasteiger partial charge in [-0.25, -0.2) is 9.48 Å². The van der Waals surface area contributed by atoms with E-state index in [0.717, 1.165) is 11.1 Å². The van der Waals surface area contributed by atoms with Gasteiger partial charge in [-0.1, -0.05) is 53.7 Å². The molecule has 0 spiro atoms. The van der Waals surface area contributed by atoms with Gasteiger partial charge in [0.2, 0.25) is 11.1 Å². The van der Waals surface area contributed by atoms with Gasteiger partial charge in [0.05, 0.1) is 18.8 Å². The Morgan fingerprint density at radius 3 is 2.76 bits per heavy atom. The topological polar surface area (TPSA) is 78.3 Å². The summed E-state index contributed by atoms with van der Waals surface area (Å²) in [6, 6.07) is 14.8. The summed E-state index contributed by atoms with van der Waals surface area (Å²) in [5, 5.41) is 9.24. The van der Waals surface area contributed by atoms with Crippen LogP contribution in [0, 0.1) is 0 Å². The van der Waals surface area contributed by atoms with E-state index in [9.17, 15) is 4.79 Å². The van der Waals surface area contributed by atoms with Crippen molar-refractivity contribution in [3.05, 3.63) is 76.0 Å². The van der Waals surface area contributed by atoms with Crippen LogP contribution in [0.2, 0.25) is 5.02 Å². The van der Waals surface area contributed by atoms with E-state index in [1.165, 1.54) is 11.8 Å². The van der Waals surface area contributed by atoms with Crippen LogP contribution in [0.1, 0.15) is 37.9 Å². The second-order valence-electron chi connectivity index (χ2n) is 7.84.